The van der Waals surface area contributed by atoms with Crippen molar-refractivity contribution in [2.75, 3.05) is 11.9 Å². The number of aromatic nitrogens is 1. The molecule has 0 aliphatic heterocycles. The van der Waals surface area contributed by atoms with Crippen LogP contribution < -0.4 is 11.1 Å². The first kappa shape index (κ1) is 12.6. The van der Waals surface area contributed by atoms with Crippen molar-refractivity contribution in [3.8, 4) is 0 Å². The lowest BCUT2D eigenvalue weighted by atomic mass is 10.1. The fourth-order valence-corrected chi connectivity index (χ4v) is 2.29. The number of hydrogen-bond donors (Lipinski definition) is 2. The molecule has 20 heavy (non-hydrogen) atoms. The second kappa shape index (κ2) is 5.72. The van der Waals surface area contributed by atoms with Crippen molar-refractivity contribution in [2.24, 2.45) is 5.73 Å². The molecule has 0 saturated carbocycles. The minimum absolute atomic E-state index is 0.0249. The first-order chi connectivity index (χ1) is 9.84. The van der Waals surface area contributed by atoms with E-state index in [2.05, 4.69) is 28.5 Å². The summed E-state index contributed by atoms with van der Waals surface area (Å²) in [7, 11) is 0. The molecule has 0 amide bonds. The lowest BCUT2D eigenvalue weighted by Gasteiger charge is -2.15. The van der Waals surface area contributed by atoms with Crippen LogP contribution in [0.4, 0.5) is 5.69 Å². The van der Waals surface area contributed by atoms with Crippen molar-refractivity contribution in [3.05, 3.63) is 72.4 Å². The van der Waals surface area contributed by atoms with Gasteiger partial charge in [-0.1, -0.05) is 48.5 Å². The second-order valence-corrected chi connectivity index (χ2v) is 4.77. The highest BCUT2D eigenvalue weighted by Crippen LogP contribution is 2.21. The zero-order chi connectivity index (χ0) is 13.8. The Balaban J connectivity index is 1.77. The topological polar surface area (TPSA) is 50.9 Å². The van der Waals surface area contributed by atoms with E-state index in [0.29, 0.717) is 6.54 Å². The molecule has 0 aliphatic carbocycles. The Kier molecular flexibility index (Phi) is 3.61. The fourth-order valence-electron chi connectivity index (χ4n) is 2.29. The Morgan fingerprint density at radius 2 is 1.70 bits per heavy atom. The quantitative estimate of drug-likeness (QED) is 0.759. The maximum absolute atomic E-state index is 6.21. The zero-order valence-corrected chi connectivity index (χ0v) is 11.2. The van der Waals surface area contributed by atoms with Gasteiger partial charge in [0.05, 0.1) is 5.52 Å². The molecule has 0 fully saturated rings. The van der Waals surface area contributed by atoms with E-state index in [1.54, 1.807) is 0 Å². The summed E-state index contributed by atoms with van der Waals surface area (Å²) in [5, 5.41) is 4.54. The number of benzene rings is 2. The highest BCUT2D eigenvalue weighted by atomic mass is 14.9. The first-order valence-electron chi connectivity index (χ1n) is 6.73. The smallest absolute Gasteiger partial charge is 0.0722 e. The van der Waals surface area contributed by atoms with Crippen molar-refractivity contribution >= 4 is 16.6 Å². The molecule has 0 aliphatic rings. The van der Waals surface area contributed by atoms with Gasteiger partial charge in [-0.05, 0) is 17.7 Å². The Labute approximate surface area is 118 Å². The fraction of sp³-hybridized carbons (Fsp3) is 0.118. The third-order valence-corrected chi connectivity index (χ3v) is 3.39. The van der Waals surface area contributed by atoms with E-state index in [0.717, 1.165) is 22.2 Å². The van der Waals surface area contributed by atoms with Gasteiger partial charge < -0.3 is 11.1 Å². The molecule has 1 atom stereocenters. The molecule has 2 aromatic carbocycles. The van der Waals surface area contributed by atoms with Crippen LogP contribution in [0.5, 0.6) is 0 Å². The Morgan fingerprint density at radius 3 is 2.55 bits per heavy atom. The van der Waals surface area contributed by atoms with Crippen molar-refractivity contribution in [1.82, 2.24) is 4.98 Å². The molecule has 1 unspecified atom stereocenters. The molecular formula is C17H17N3. The summed E-state index contributed by atoms with van der Waals surface area (Å²) >= 11 is 0. The first-order valence-corrected chi connectivity index (χ1v) is 6.73. The SMILES string of the molecule is NC(CNc1ccnc2ccccc12)c1ccccc1. The number of anilines is 1. The van der Waals surface area contributed by atoms with Gasteiger partial charge >= 0.3 is 0 Å². The van der Waals surface area contributed by atoms with Gasteiger partial charge in [0.15, 0.2) is 0 Å². The molecule has 0 bridgehead atoms. The third kappa shape index (κ3) is 2.63. The number of nitrogens with one attached hydrogen (secondary N) is 1. The van der Waals surface area contributed by atoms with Gasteiger partial charge in [0, 0.05) is 29.9 Å². The molecule has 1 aromatic heterocycles. The Hall–Kier alpha value is -2.39. The van der Waals surface area contributed by atoms with Gasteiger partial charge in [0.1, 0.15) is 0 Å². The summed E-state index contributed by atoms with van der Waals surface area (Å²) in [6.07, 6.45) is 1.82. The third-order valence-electron chi connectivity index (χ3n) is 3.39. The number of rotatable bonds is 4. The number of pyridine rings is 1. The van der Waals surface area contributed by atoms with Crippen molar-refractivity contribution in [1.29, 1.82) is 0 Å². The molecule has 3 rings (SSSR count). The van der Waals surface area contributed by atoms with Gasteiger partial charge in [0.25, 0.3) is 0 Å². The number of nitrogens with two attached hydrogens (primary N) is 1. The van der Waals surface area contributed by atoms with Gasteiger partial charge in [-0.3, -0.25) is 4.98 Å². The van der Waals surface area contributed by atoms with Crippen molar-refractivity contribution < 1.29 is 0 Å². The van der Waals surface area contributed by atoms with Crippen LogP contribution in [0.3, 0.4) is 0 Å². The van der Waals surface area contributed by atoms with Gasteiger partial charge in [0.2, 0.25) is 0 Å². The van der Waals surface area contributed by atoms with E-state index in [1.165, 1.54) is 0 Å². The van der Waals surface area contributed by atoms with E-state index in [-0.39, 0.29) is 6.04 Å². The van der Waals surface area contributed by atoms with Crippen LogP contribution >= 0.6 is 0 Å². The Morgan fingerprint density at radius 1 is 0.950 bits per heavy atom. The molecule has 3 nitrogen and oxygen atoms in total. The molecule has 0 radical (unpaired) electrons. The molecular weight excluding hydrogens is 246 g/mol. The second-order valence-electron chi connectivity index (χ2n) is 4.77. The van der Waals surface area contributed by atoms with E-state index in [1.807, 2.05) is 48.7 Å². The summed E-state index contributed by atoms with van der Waals surface area (Å²) in [4.78, 5) is 4.36. The Bertz CT molecular complexity index is 689. The van der Waals surface area contributed by atoms with Gasteiger partial charge in [-0.15, -0.1) is 0 Å². The predicted octanol–water partition coefficient (Wildman–Crippen LogP) is 3.35. The normalized spacial score (nSPS) is 12.2. The van der Waals surface area contributed by atoms with Crippen LogP contribution in [-0.4, -0.2) is 11.5 Å². The van der Waals surface area contributed by atoms with Crippen LogP contribution in [0.2, 0.25) is 0 Å². The van der Waals surface area contributed by atoms with E-state index in [4.69, 9.17) is 5.73 Å². The minimum Gasteiger partial charge on any atom is -0.383 e. The number of hydrogen-bond acceptors (Lipinski definition) is 3. The van der Waals surface area contributed by atoms with Crippen LogP contribution in [0.15, 0.2) is 66.9 Å². The number of para-hydroxylation sites is 1. The average Bonchev–Trinajstić information content (AvgIpc) is 2.53. The minimum atomic E-state index is -0.0249. The van der Waals surface area contributed by atoms with Gasteiger partial charge in [-0.2, -0.15) is 0 Å². The zero-order valence-electron chi connectivity index (χ0n) is 11.2. The summed E-state index contributed by atoms with van der Waals surface area (Å²) in [5.41, 5.74) is 9.41. The predicted molar refractivity (Wildman–Crippen MR) is 83.6 cm³/mol. The highest BCUT2D eigenvalue weighted by Gasteiger charge is 2.06. The highest BCUT2D eigenvalue weighted by molar-refractivity contribution is 5.90. The lowest BCUT2D eigenvalue weighted by molar-refractivity contribution is 0.765. The molecule has 3 heteroatoms. The van der Waals surface area contributed by atoms with Crippen LogP contribution in [0.1, 0.15) is 11.6 Å². The maximum atomic E-state index is 6.21. The van der Waals surface area contributed by atoms with Crippen LogP contribution in [-0.2, 0) is 0 Å². The summed E-state index contributed by atoms with van der Waals surface area (Å²) in [6, 6.07) is 20.2. The molecule has 100 valence electrons. The molecule has 0 spiro atoms. The number of fused-ring (bicyclic) bond motifs is 1. The molecule has 3 aromatic rings. The summed E-state index contributed by atoms with van der Waals surface area (Å²) in [5.74, 6) is 0. The van der Waals surface area contributed by atoms with Crippen LogP contribution in [0.25, 0.3) is 10.9 Å². The lowest BCUT2D eigenvalue weighted by Crippen LogP contribution is -2.20. The van der Waals surface area contributed by atoms with Crippen LogP contribution in [0, 0.1) is 0 Å². The molecule has 1 heterocycles. The average molecular weight is 263 g/mol. The summed E-state index contributed by atoms with van der Waals surface area (Å²) < 4.78 is 0. The monoisotopic (exact) mass is 263 g/mol. The largest absolute Gasteiger partial charge is 0.383 e. The van der Waals surface area contributed by atoms with E-state index < -0.39 is 0 Å². The standard InChI is InChI=1S/C17H17N3/c18-15(13-6-2-1-3-7-13)12-20-17-10-11-19-16-9-5-4-8-14(16)17/h1-11,15H,12,18H2,(H,19,20). The molecule has 3 N–H and O–H groups in total. The maximum Gasteiger partial charge on any atom is 0.0722 e. The van der Waals surface area contributed by atoms with E-state index >= 15 is 0 Å². The van der Waals surface area contributed by atoms with Crippen molar-refractivity contribution in [2.45, 2.75) is 6.04 Å². The van der Waals surface area contributed by atoms with Crippen molar-refractivity contribution in [3.63, 3.8) is 0 Å². The summed E-state index contributed by atoms with van der Waals surface area (Å²) in [6.45, 7) is 0.692. The number of nitrogens with zero attached hydrogens (tertiary/aromatic N) is 1. The van der Waals surface area contributed by atoms with E-state index in [9.17, 15) is 0 Å². The molecule has 0 saturated heterocycles. The van der Waals surface area contributed by atoms with Gasteiger partial charge in [-0.25, -0.2) is 0 Å².